The van der Waals surface area contributed by atoms with Crippen molar-refractivity contribution in [3.8, 4) is 5.75 Å². The number of methoxy groups -OCH3 is 1. The first-order valence-electron chi connectivity index (χ1n) is 6.81. The van der Waals surface area contributed by atoms with Crippen LogP contribution in [0.4, 0.5) is 0 Å². The highest BCUT2D eigenvalue weighted by Gasteiger charge is 2.04. The fraction of sp³-hybridized carbons (Fsp3) is 0.533. The van der Waals surface area contributed by atoms with E-state index in [-0.39, 0.29) is 11.9 Å². The maximum absolute atomic E-state index is 11.6. The van der Waals surface area contributed by atoms with E-state index in [9.17, 15) is 4.79 Å². The van der Waals surface area contributed by atoms with E-state index in [1.807, 2.05) is 24.3 Å². The van der Waals surface area contributed by atoms with Crippen LogP contribution in [0.5, 0.6) is 5.75 Å². The number of hydrogen-bond acceptors (Lipinski definition) is 3. The van der Waals surface area contributed by atoms with Gasteiger partial charge >= 0.3 is 0 Å². The van der Waals surface area contributed by atoms with Crippen molar-refractivity contribution in [2.45, 2.75) is 38.6 Å². The second kappa shape index (κ2) is 8.53. The van der Waals surface area contributed by atoms with E-state index in [1.165, 1.54) is 0 Å². The minimum atomic E-state index is 0.0825. The Morgan fingerprint density at radius 1 is 1.37 bits per heavy atom. The molecular weight excluding hydrogens is 240 g/mol. The van der Waals surface area contributed by atoms with Crippen molar-refractivity contribution < 1.29 is 9.53 Å². The molecule has 1 amide bonds. The number of amides is 1. The Kier molecular flexibility index (Phi) is 6.97. The van der Waals surface area contributed by atoms with Gasteiger partial charge in [0.25, 0.3) is 0 Å². The van der Waals surface area contributed by atoms with Gasteiger partial charge in [-0.2, -0.15) is 0 Å². The summed E-state index contributed by atoms with van der Waals surface area (Å²) in [7, 11) is 1.64. The molecule has 4 heteroatoms. The molecule has 0 aliphatic heterocycles. The Bertz CT molecular complexity index is 376. The molecular formula is C15H24N2O2. The van der Waals surface area contributed by atoms with E-state index in [1.54, 1.807) is 7.11 Å². The van der Waals surface area contributed by atoms with E-state index in [0.29, 0.717) is 13.0 Å². The van der Waals surface area contributed by atoms with E-state index in [0.717, 1.165) is 30.6 Å². The van der Waals surface area contributed by atoms with Crippen LogP contribution in [0.25, 0.3) is 0 Å². The number of carbonyl (C=O) groups is 1. The van der Waals surface area contributed by atoms with Crippen LogP contribution in [-0.2, 0) is 11.2 Å². The van der Waals surface area contributed by atoms with Crippen molar-refractivity contribution in [1.82, 2.24) is 5.32 Å². The standard InChI is InChI=1S/C15H24N2O2/c1-3-13(16)10-11-17-15(18)9-6-12-4-7-14(19-2)8-5-12/h4-5,7-8,13H,3,6,9-11,16H2,1-2H3,(H,17,18). The van der Waals surface area contributed by atoms with Crippen molar-refractivity contribution in [3.63, 3.8) is 0 Å². The highest BCUT2D eigenvalue weighted by Crippen LogP contribution is 2.12. The Hall–Kier alpha value is -1.55. The topological polar surface area (TPSA) is 64.3 Å². The summed E-state index contributed by atoms with van der Waals surface area (Å²) < 4.78 is 5.09. The van der Waals surface area contributed by atoms with Gasteiger partial charge in [-0.15, -0.1) is 0 Å². The third kappa shape index (κ3) is 6.25. The quantitative estimate of drug-likeness (QED) is 0.753. The average Bonchev–Trinajstić information content (AvgIpc) is 2.45. The van der Waals surface area contributed by atoms with Crippen molar-refractivity contribution in [2.75, 3.05) is 13.7 Å². The molecule has 3 N–H and O–H groups in total. The molecule has 4 nitrogen and oxygen atoms in total. The molecule has 1 aromatic rings. The van der Waals surface area contributed by atoms with Crippen LogP contribution in [0.15, 0.2) is 24.3 Å². The smallest absolute Gasteiger partial charge is 0.220 e. The molecule has 0 saturated heterocycles. The summed E-state index contributed by atoms with van der Waals surface area (Å²) in [5.41, 5.74) is 6.93. The van der Waals surface area contributed by atoms with Crippen molar-refractivity contribution in [2.24, 2.45) is 5.73 Å². The van der Waals surface area contributed by atoms with Crippen LogP contribution in [0, 0.1) is 0 Å². The largest absolute Gasteiger partial charge is 0.497 e. The summed E-state index contributed by atoms with van der Waals surface area (Å²) in [5.74, 6) is 0.917. The number of nitrogens with two attached hydrogens (primary N) is 1. The molecule has 106 valence electrons. The zero-order valence-corrected chi connectivity index (χ0v) is 11.8. The Morgan fingerprint density at radius 2 is 2.05 bits per heavy atom. The molecule has 0 saturated carbocycles. The van der Waals surface area contributed by atoms with Crippen molar-refractivity contribution in [3.05, 3.63) is 29.8 Å². The first kappa shape index (κ1) is 15.5. The van der Waals surface area contributed by atoms with Crippen LogP contribution < -0.4 is 15.8 Å². The lowest BCUT2D eigenvalue weighted by Gasteiger charge is -2.09. The van der Waals surface area contributed by atoms with Crippen LogP contribution in [-0.4, -0.2) is 25.6 Å². The predicted molar refractivity (Wildman–Crippen MR) is 77.2 cm³/mol. The number of rotatable bonds is 8. The van der Waals surface area contributed by atoms with Crippen molar-refractivity contribution >= 4 is 5.91 Å². The van der Waals surface area contributed by atoms with E-state index >= 15 is 0 Å². The summed E-state index contributed by atoms with van der Waals surface area (Å²) in [6.07, 6.45) is 3.04. The first-order chi connectivity index (χ1) is 9.15. The molecule has 0 spiro atoms. The van der Waals surface area contributed by atoms with Crippen LogP contribution in [0.1, 0.15) is 31.7 Å². The Morgan fingerprint density at radius 3 is 2.63 bits per heavy atom. The van der Waals surface area contributed by atoms with Gasteiger partial charge in [-0.05, 0) is 37.0 Å². The number of benzene rings is 1. The Balaban J connectivity index is 2.22. The monoisotopic (exact) mass is 264 g/mol. The number of nitrogens with one attached hydrogen (secondary N) is 1. The van der Waals surface area contributed by atoms with Gasteiger partial charge in [0.1, 0.15) is 5.75 Å². The third-order valence-corrected chi connectivity index (χ3v) is 3.16. The highest BCUT2D eigenvalue weighted by atomic mass is 16.5. The van der Waals surface area contributed by atoms with Crippen LogP contribution >= 0.6 is 0 Å². The summed E-state index contributed by atoms with van der Waals surface area (Å²) in [5, 5.41) is 2.90. The zero-order chi connectivity index (χ0) is 14.1. The molecule has 1 atom stereocenters. The lowest BCUT2D eigenvalue weighted by Crippen LogP contribution is -2.30. The normalized spacial score (nSPS) is 11.9. The van der Waals surface area contributed by atoms with Crippen molar-refractivity contribution in [1.29, 1.82) is 0 Å². The first-order valence-corrected chi connectivity index (χ1v) is 6.81. The molecule has 0 fully saturated rings. The van der Waals surface area contributed by atoms with Gasteiger partial charge in [0.2, 0.25) is 5.91 Å². The third-order valence-electron chi connectivity index (χ3n) is 3.16. The van der Waals surface area contributed by atoms with E-state index in [2.05, 4.69) is 12.2 Å². The summed E-state index contributed by atoms with van der Waals surface area (Å²) >= 11 is 0. The minimum Gasteiger partial charge on any atom is -0.497 e. The number of ether oxygens (including phenoxy) is 1. The number of carbonyl (C=O) groups excluding carboxylic acids is 1. The molecule has 0 aliphatic carbocycles. The van der Waals surface area contributed by atoms with Gasteiger partial charge in [0, 0.05) is 19.0 Å². The van der Waals surface area contributed by atoms with Gasteiger partial charge in [-0.25, -0.2) is 0 Å². The van der Waals surface area contributed by atoms with Gasteiger partial charge in [0.15, 0.2) is 0 Å². The minimum absolute atomic E-state index is 0.0825. The summed E-state index contributed by atoms with van der Waals surface area (Å²) in [6.45, 7) is 2.71. The zero-order valence-electron chi connectivity index (χ0n) is 11.8. The molecule has 1 unspecified atom stereocenters. The van der Waals surface area contributed by atoms with E-state index in [4.69, 9.17) is 10.5 Å². The fourth-order valence-electron chi connectivity index (χ4n) is 1.74. The molecule has 0 heterocycles. The van der Waals surface area contributed by atoms with Crippen LogP contribution in [0.3, 0.4) is 0 Å². The number of aryl methyl sites for hydroxylation is 1. The van der Waals surface area contributed by atoms with Gasteiger partial charge in [-0.3, -0.25) is 4.79 Å². The maximum Gasteiger partial charge on any atom is 0.220 e. The summed E-state index contributed by atoms with van der Waals surface area (Å²) in [4.78, 5) is 11.6. The molecule has 0 bridgehead atoms. The molecule has 0 radical (unpaired) electrons. The lowest BCUT2D eigenvalue weighted by atomic mass is 10.1. The molecule has 19 heavy (non-hydrogen) atoms. The lowest BCUT2D eigenvalue weighted by molar-refractivity contribution is -0.121. The van der Waals surface area contributed by atoms with Gasteiger partial charge in [-0.1, -0.05) is 19.1 Å². The average molecular weight is 264 g/mol. The van der Waals surface area contributed by atoms with Crippen LogP contribution in [0.2, 0.25) is 0 Å². The molecule has 0 aliphatic rings. The number of hydrogen-bond donors (Lipinski definition) is 2. The van der Waals surface area contributed by atoms with E-state index < -0.39 is 0 Å². The van der Waals surface area contributed by atoms with Gasteiger partial charge in [0.05, 0.1) is 7.11 Å². The van der Waals surface area contributed by atoms with Gasteiger partial charge < -0.3 is 15.8 Å². The highest BCUT2D eigenvalue weighted by molar-refractivity contribution is 5.76. The Labute approximate surface area is 115 Å². The molecule has 0 aromatic heterocycles. The molecule has 1 rings (SSSR count). The SMILES string of the molecule is CCC(N)CCNC(=O)CCc1ccc(OC)cc1. The summed E-state index contributed by atoms with van der Waals surface area (Å²) in [6, 6.07) is 7.97. The molecule has 1 aromatic carbocycles. The second-order valence-electron chi connectivity index (χ2n) is 4.66. The predicted octanol–water partition coefficient (Wildman–Crippen LogP) is 1.87. The maximum atomic E-state index is 11.6. The second-order valence-corrected chi connectivity index (χ2v) is 4.66. The fourth-order valence-corrected chi connectivity index (χ4v) is 1.74.